The fourth-order valence-corrected chi connectivity index (χ4v) is 2.15. The highest BCUT2D eigenvalue weighted by atomic mass is 16.2. The number of amides is 2. The number of carbonyl (C=O) groups excluding carboxylic acids is 2. The van der Waals surface area contributed by atoms with E-state index in [1.54, 1.807) is 30.3 Å². The number of anilines is 2. The Morgan fingerprint density at radius 1 is 0.955 bits per heavy atom. The monoisotopic (exact) mass is 296 g/mol. The maximum absolute atomic E-state index is 12.3. The highest BCUT2D eigenvalue weighted by Gasteiger charge is 2.09. The molecule has 2 aromatic carbocycles. The summed E-state index contributed by atoms with van der Waals surface area (Å²) >= 11 is 0. The highest BCUT2D eigenvalue weighted by molar-refractivity contribution is 6.05. The Labute approximate surface area is 130 Å². The number of benzene rings is 2. The van der Waals surface area contributed by atoms with E-state index < -0.39 is 0 Å². The predicted octanol–water partition coefficient (Wildman–Crippen LogP) is 3.99. The lowest BCUT2D eigenvalue weighted by Crippen LogP contribution is -2.14. The quantitative estimate of drug-likeness (QED) is 0.876. The first-order chi connectivity index (χ1) is 10.6. The van der Waals surface area contributed by atoms with Gasteiger partial charge in [0.15, 0.2) is 0 Å². The van der Waals surface area contributed by atoms with Gasteiger partial charge in [0.2, 0.25) is 5.91 Å². The van der Waals surface area contributed by atoms with Crippen LogP contribution in [0.25, 0.3) is 0 Å². The molecular formula is C18H20N2O2. The molecule has 2 amide bonds. The molecule has 0 aliphatic carbocycles. The first-order valence-corrected chi connectivity index (χ1v) is 7.37. The van der Waals surface area contributed by atoms with E-state index in [0.717, 1.165) is 12.0 Å². The van der Waals surface area contributed by atoms with Crippen molar-refractivity contribution in [2.24, 2.45) is 0 Å². The van der Waals surface area contributed by atoms with Crippen LogP contribution in [0.4, 0.5) is 11.4 Å². The fraction of sp³-hybridized carbons (Fsp3) is 0.222. The minimum absolute atomic E-state index is 0.0233. The first-order valence-electron chi connectivity index (χ1n) is 7.37. The second-order valence-corrected chi connectivity index (χ2v) is 5.15. The Morgan fingerprint density at radius 2 is 1.64 bits per heavy atom. The third-order valence-electron chi connectivity index (χ3n) is 3.27. The van der Waals surface area contributed by atoms with Crippen LogP contribution in [0.15, 0.2) is 48.5 Å². The van der Waals surface area contributed by atoms with Crippen molar-refractivity contribution < 1.29 is 9.59 Å². The van der Waals surface area contributed by atoms with Gasteiger partial charge in [-0.3, -0.25) is 9.59 Å². The molecule has 0 bridgehead atoms. The Hall–Kier alpha value is -2.62. The van der Waals surface area contributed by atoms with E-state index in [9.17, 15) is 9.59 Å². The van der Waals surface area contributed by atoms with Gasteiger partial charge in [-0.15, -0.1) is 0 Å². The summed E-state index contributed by atoms with van der Waals surface area (Å²) in [5.74, 6) is -0.181. The van der Waals surface area contributed by atoms with Gasteiger partial charge in [-0.2, -0.15) is 0 Å². The van der Waals surface area contributed by atoms with E-state index in [0.29, 0.717) is 23.4 Å². The molecule has 2 rings (SSSR count). The predicted molar refractivity (Wildman–Crippen MR) is 89.1 cm³/mol. The van der Waals surface area contributed by atoms with Crippen LogP contribution in [0.5, 0.6) is 0 Å². The van der Waals surface area contributed by atoms with Gasteiger partial charge < -0.3 is 10.6 Å². The summed E-state index contributed by atoms with van der Waals surface area (Å²) in [6, 6.07) is 14.6. The number of aryl methyl sites for hydroxylation is 1. The van der Waals surface area contributed by atoms with E-state index >= 15 is 0 Å². The smallest absolute Gasteiger partial charge is 0.255 e. The molecule has 0 saturated carbocycles. The van der Waals surface area contributed by atoms with Crippen LogP contribution in [0, 0.1) is 6.92 Å². The van der Waals surface area contributed by atoms with E-state index in [4.69, 9.17) is 0 Å². The zero-order chi connectivity index (χ0) is 15.9. The van der Waals surface area contributed by atoms with Crippen LogP contribution in [0.1, 0.15) is 35.7 Å². The second kappa shape index (κ2) is 7.41. The minimum atomic E-state index is -0.157. The van der Waals surface area contributed by atoms with Crippen molar-refractivity contribution in [1.82, 2.24) is 0 Å². The highest BCUT2D eigenvalue weighted by Crippen LogP contribution is 2.17. The summed E-state index contributed by atoms with van der Waals surface area (Å²) in [5, 5.41) is 5.67. The number of hydrogen-bond donors (Lipinski definition) is 2. The average Bonchev–Trinajstić information content (AvgIpc) is 2.48. The maximum atomic E-state index is 12.3. The van der Waals surface area contributed by atoms with Crippen molar-refractivity contribution in [2.45, 2.75) is 26.7 Å². The summed E-state index contributed by atoms with van der Waals surface area (Å²) in [7, 11) is 0. The SMILES string of the molecule is CCCC(=O)Nc1cccc(NC(=O)c2ccccc2C)c1. The molecule has 0 atom stereocenters. The zero-order valence-corrected chi connectivity index (χ0v) is 12.8. The summed E-state index contributed by atoms with van der Waals surface area (Å²) in [5.41, 5.74) is 2.90. The molecule has 0 aliphatic rings. The van der Waals surface area contributed by atoms with Crippen LogP contribution in [-0.2, 0) is 4.79 Å². The molecule has 2 N–H and O–H groups in total. The van der Waals surface area contributed by atoms with Gasteiger partial charge in [0.1, 0.15) is 0 Å². The van der Waals surface area contributed by atoms with Gasteiger partial charge in [-0.1, -0.05) is 31.2 Å². The second-order valence-electron chi connectivity index (χ2n) is 5.15. The van der Waals surface area contributed by atoms with Gasteiger partial charge in [0, 0.05) is 23.4 Å². The first kappa shape index (κ1) is 15.8. The largest absolute Gasteiger partial charge is 0.326 e. The third kappa shape index (κ3) is 4.19. The number of rotatable bonds is 5. The van der Waals surface area contributed by atoms with Crippen LogP contribution in [-0.4, -0.2) is 11.8 Å². The number of carbonyl (C=O) groups is 2. The lowest BCUT2D eigenvalue weighted by molar-refractivity contribution is -0.116. The number of hydrogen-bond acceptors (Lipinski definition) is 2. The van der Waals surface area contributed by atoms with Crippen molar-refractivity contribution in [3.63, 3.8) is 0 Å². The summed E-state index contributed by atoms with van der Waals surface area (Å²) < 4.78 is 0. The minimum Gasteiger partial charge on any atom is -0.326 e. The summed E-state index contributed by atoms with van der Waals surface area (Å²) in [6.45, 7) is 3.86. The van der Waals surface area contributed by atoms with E-state index in [1.165, 1.54) is 0 Å². The lowest BCUT2D eigenvalue weighted by Gasteiger charge is -2.10. The van der Waals surface area contributed by atoms with Crippen molar-refractivity contribution in [3.05, 3.63) is 59.7 Å². The van der Waals surface area contributed by atoms with Gasteiger partial charge >= 0.3 is 0 Å². The van der Waals surface area contributed by atoms with Gasteiger partial charge in [-0.05, 0) is 43.2 Å². The molecule has 4 heteroatoms. The Morgan fingerprint density at radius 3 is 2.32 bits per heavy atom. The molecule has 0 spiro atoms. The van der Waals surface area contributed by atoms with Crippen molar-refractivity contribution in [1.29, 1.82) is 0 Å². The molecule has 0 unspecified atom stereocenters. The molecule has 4 nitrogen and oxygen atoms in total. The van der Waals surface area contributed by atoms with E-state index in [-0.39, 0.29) is 11.8 Å². The van der Waals surface area contributed by atoms with Crippen LogP contribution >= 0.6 is 0 Å². The molecule has 0 heterocycles. The molecule has 22 heavy (non-hydrogen) atoms. The van der Waals surface area contributed by atoms with Crippen molar-refractivity contribution in [3.8, 4) is 0 Å². The Bertz CT molecular complexity index is 680. The van der Waals surface area contributed by atoms with Gasteiger partial charge in [0.05, 0.1) is 0 Å². The van der Waals surface area contributed by atoms with Crippen LogP contribution in [0.2, 0.25) is 0 Å². The van der Waals surface area contributed by atoms with E-state index in [1.807, 2.05) is 32.0 Å². The topological polar surface area (TPSA) is 58.2 Å². The third-order valence-corrected chi connectivity index (χ3v) is 3.27. The summed E-state index contributed by atoms with van der Waals surface area (Å²) in [6.07, 6.45) is 1.29. The molecule has 0 fully saturated rings. The standard InChI is InChI=1S/C18H20N2O2/c1-3-7-17(21)19-14-9-6-10-15(12-14)20-18(22)16-11-5-4-8-13(16)2/h4-6,8-12H,3,7H2,1-2H3,(H,19,21)(H,20,22). The van der Waals surface area contributed by atoms with Crippen LogP contribution in [0.3, 0.4) is 0 Å². The average molecular weight is 296 g/mol. The molecule has 114 valence electrons. The molecule has 0 aliphatic heterocycles. The summed E-state index contributed by atoms with van der Waals surface area (Å²) in [4.78, 5) is 23.9. The van der Waals surface area contributed by atoms with Gasteiger partial charge in [0.25, 0.3) is 5.91 Å². The molecule has 0 saturated heterocycles. The maximum Gasteiger partial charge on any atom is 0.255 e. The normalized spacial score (nSPS) is 10.1. The number of nitrogens with one attached hydrogen (secondary N) is 2. The fourth-order valence-electron chi connectivity index (χ4n) is 2.15. The van der Waals surface area contributed by atoms with Gasteiger partial charge in [-0.25, -0.2) is 0 Å². The Balaban J connectivity index is 2.09. The van der Waals surface area contributed by atoms with E-state index in [2.05, 4.69) is 10.6 Å². The van der Waals surface area contributed by atoms with Crippen LogP contribution < -0.4 is 10.6 Å². The lowest BCUT2D eigenvalue weighted by atomic mass is 10.1. The van der Waals surface area contributed by atoms with Crippen molar-refractivity contribution in [2.75, 3.05) is 10.6 Å². The molecule has 2 aromatic rings. The Kier molecular flexibility index (Phi) is 5.31. The zero-order valence-electron chi connectivity index (χ0n) is 12.8. The molecule has 0 radical (unpaired) electrons. The molecular weight excluding hydrogens is 276 g/mol. The van der Waals surface area contributed by atoms with Crippen molar-refractivity contribution >= 4 is 23.2 Å². The molecule has 0 aromatic heterocycles.